The van der Waals surface area contributed by atoms with Crippen molar-refractivity contribution in [1.29, 1.82) is 0 Å². The predicted molar refractivity (Wildman–Crippen MR) is 110 cm³/mol. The highest BCUT2D eigenvalue weighted by Crippen LogP contribution is 2.29. The Kier molecular flexibility index (Phi) is 5.45. The van der Waals surface area contributed by atoms with E-state index in [9.17, 15) is 4.79 Å². The monoisotopic (exact) mass is 361 g/mol. The largest absolute Gasteiger partial charge is 0.334 e. The van der Waals surface area contributed by atoms with E-state index in [1.807, 2.05) is 77.2 Å². The maximum Gasteiger partial charge on any atom is 0.258 e. The molecule has 0 N–H and O–H groups in total. The van der Waals surface area contributed by atoms with Gasteiger partial charge in [0.15, 0.2) is 0 Å². The normalized spacial score (nSPS) is 11.2. The second-order valence-electron chi connectivity index (χ2n) is 7.32. The highest BCUT2D eigenvalue weighted by atomic mass is 16.2. The van der Waals surface area contributed by atoms with Crippen LogP contribution in [0.4, 0.5) is 0 Å². The van der Waals surface area contributed by atoms with Crippen LogP contribution in [0.15, 0.2) is 60.7 Å². The summed E-state index contributed by atoms with van der Waals surface area (Å²) < 4.78 is 1.87. The van der Waals surface area contributed by atoms with Crippen molar-refractivity contribution in [1.82, 2.24) is 14.7 Å². The predicted octanol–water partition coefficient (Wildman–Crippen LogP) is 5.11. The Labute approximate surface area is 161 Å². The van der Waals surface area contributed by atoms with Crippen LogP contribution in [0.1, 0.15) is 43.7 Å². The first kappa shape index (κ1) is 18.9. The number of carbonyl (C=O) groups is 1. The average molecular weight is 361 g/mol. The van der Waals surface area contributed by atoms with Gasteiger partial charge in [-0.15, -0.1) is 0 Å². The number of nitrogens with zero attached hydrogens (tertiary/aromatic N) is 3. The zero-order valence-corrected chi connectivity index (χ0v) is 16.7. The van der Waals surface area contributed by atoms with Crippen LogP contribution in [0.5, 0.6) is 0 Å². The molecule has 0 spiro atoms. The molecule has 0 fully saturated rings. The molecule has 1 heterocycles. The Balaban J connectivity index is 2.22. The summed E-state index contributed by atoms with van der Waals surface area (Å²) >= 11 is 0. The van der Waals surface area contributed by atoms with Crippen molar-refractivity contribution < 1.29 is 4.79 Å². The van der Waals surface area contributed by atoms with E-state index in [-0.39, 0.29) is 18.0 Å². The fourth-order valence-electron chi connectivity index (χ4n) is 3.57. The number of hydrogen-bond acceptors (Lipinski definition) is 2. The molecular weight excluding hydrogens is 334 g/mol. The van der Waals surface area contributed by atoms with Crippen LogP contribution in [0.3, 0.4) is 0 Å². The molecule has 1 aromatic heterocycles. The van der Waals surface area contributed by atoms with Gasteiger partial charge in [-0.05, 0) is 46.8 Å². The van der Waals surface area contributed by atoms with E-state index in [2.05, 4.69) is 27.7 Å². The summed E-state index contributed by atoms with van der Waals surface area (Å²) in [7, 11) is 0. The van der Waals surface area contributed by atoms with Crippen LogP contribution in [0.25, 0.3) is 16.9 Å². The van der Waals surface area contributed by atoms with Crippen molar-refractivity contribution in [3.05, 3.63) is 71.9 Å². The Bertz CT molecular complexity index is 904. The summed E-state index contributed by atoms with van der Waals surface area (Å²) in [4.78, 5) is 15.5. The minimum Gasteiger partial charge on any atom is -0.334 e. The first-order valence-corrected chi connectivity index (χ1v) is 9.45. The summed E-state index contributed by atoms with van der Waals surface area (Å²) in [6.45, 7) is 10.2. The second-order valence-corrected chi connectivity index (χ2v) is 7.32. The lowest BCUT2D eigenvalue weighted by Crippen LogP contribution is -2.42. The number of para-hydroxylation sites is 1. The Hall–Kier alpha value is -2.88. The third-order valence-corrected chi connectivity index (χ3v) is 4.73. The number of rotatable bonds is 5. The molecule has 0 saturated carbocycles. The van der Waals surface area contributed by atoms with E-state index in [0.29, 0.717) is 5.56 Å². The molecule has 2 aromatic carbocycles. The van der Waals surface area contributed by atoms with Gasteiger partial charge in [-0.1, -0.05) is 48.5 Å². The summed E-state index contributed by atoms with van der Waals surface area (Å²) in [6.07, 6.45) is 0. The standard InChI is InChI=1S/C23H27N3O/c1-16(2)25(17(3)4)23(27)21-18(5)26(20-14-10-7-11-15-20)24-22(21)19-12-8-6-9-13-19/h6-17H,1-5H3. The molecule has 0 aliphatic rings. The van der Waals surface area contributed by atoms with E-state index >= 15 is 0 Å². The van der Waals surface area contributed by atoms with Gasteiger partial charge in [0.05, 0.1) is 16.9 Å². The first-order chi connectivity index (χ1) is 12.9. The molecule has 0 radical (unpaired) electrons. The van der Waals surface area contributed by atoms with Gasteiger partial charge in [-0.3, -0.25) is 4.79 Å². The quantitative estimate of drug-likeness (QED) is 0.633. The molecule has 4 nitrogen and oxygen atoms in total. The summed E-state index contributed by atoms with van der Waals surface area (Å²) in [6, 6.07) is 20.1. The lowest BCUT2D eigenvalue weighted by molar-refractivity contribution is 0.0643. The number of benzene rings is 2. The SMILES string of the molecule is Cc1c(C(=O)N(C(C)C)C(C)C)c(-c2ccccc2)nn1-c1ccccc1. The third kappa shape index (κ3) is 3.65. The highest BCUT2D eigenvalue weighted by Gasteiger charge is 2.29. The van der Waals surface area contributed by atoms with E-state index in [4.69, 9.17) is 5.10 Å². The lowest BCUT2D eigenvalue weighted by Gasteiger charge is -2.31. The van der Waals surface area contributed by atoms with E-state index < -0.39 is 0 Å². The van der Waals surface area contributed by atoms with Crippen molar-refractivity contribution in [2.75, 3.05) is 0 Å². The molecule has 0 unspecified atom stereocenters. The van der Waals surface area contributed by atoms with Gasteiger partial charge in [0.2, 0.25) is 0 Å². The van der Waals surface area contributed by atoms with Gasteiger partial charge in [0, 0.05) is 17.6 Å². The fraction of sp³-hybridized carbons (Fsp3) is 0.304. The Morgan fingerprint density at radius 3 is 1.93 bits per heavy atom. The minimum atomic E-state index is 0.0264. The molecule has 3 rings (SSSR count). The Morgan fingerprint density at radius 1 is 0.889 bits per heavy atom. The smallest absolute Gasteiger partial charge is 0.258 e. The summed E-state index contributed by atoms with van der Waals surface area (Å²) in [5.41, 5.74) is 4.16. The van der Waals surface area contributed by atoms with Gasteiger partial charge in [-0.2, -0.15) is 5.10 Å². The average Bonchev–Trinajstić information content (AvgIpc) is 3.00. The zero-order valence-electron chi connectivity index (χ0n) is 16.7. The molecular formula is C23H27N3O. The van der Waals surface area contributed by atoms with Gasteiger partial charge < -0.3 is 4.90 Å². The molecule has 0 atom stereocenters. The minimum absolute atomic E-state index is 0.0264. The summed E-state index contributed by atoms with van der Waals surface area (Å²) in [5.74, 6) is 0.0264. The fourth-order valence-corrected chi connectivity index (χ4v) is 3.57. The maximum absolute atomic E-state index is 13.6. The second kappa shape index (κ2) is 7.78. The van der Waals surface area contributed by atoms with Crippen molar-refractivity contribution in [2.24, 2.45) is 0 Å². The first-order valence-electron chi connectivity index (χ1n) is 9.45. The van der Waals surface area contributed by atoms with Crippen molar-refractivity contribution in [2.45, 2.75) is 46.7 Å². The maximum atomic E-state index is 13.6. The van der Waals surface area contributed by atoms with Gasteiger partial charge in [0.25, 0.3) is 5.91 Å². The van der Waals surface area contributed by atoms with Crippen molar-refractivity contribution in [3.8, 4) is 16.9 Å². The zero-order chi connectivity index (χ0) is 19.6. The number of hydrogen-bond donors (Lipinski definition) is 0. The molecule has 27 heavy (non-hydrogen) atoms. The highest BCUT2D eigenvalue weighted by molar-refractivity contribution is 6.01. The molecule has 140 valence electrons. The molecule has 1 amide bonds. The molecule has 0 bridgehead atoms. The van der Waals surface area contributed by atoms with Crippen LogP contribution in [-0.4, -0.2) is 32.7 Å². The van der Waals surface area contributed by atoms with Gasteiger partial charge in [0.1, 0.15) is 5.69 Å². The van der Waals surface area contributed by atoms with Gasteiger partial charge in [-0.25, -0.2) is 4.68 Å². The van der Waals surface area contributed by atoms with Crippen molar-refractivity contribution in [3.63, 3.8) is 0 Å². The van der Waals surface area contributed by atoms with Crippen LogP contribution >= 0.6 is 0 Å². The molecule has 4 heteroatoms. The van der Waals surface area contributed by atoms with Crippen LogP contribution in [0.2, 0.25) is 0 Å². The molecule has 0 saturated heterocycles. The lowest BCUT2D eigenvalue weighted by atomic mass is 10.0. The van der Waals surface area contributed by atoms with Crippen LogP contribution < -0.4 is 0 Å². The van der Waals surface area contributed by atoms with Crippen LogP contribution in [-0.2, 0) is 0 Å². The number of carbonyl (C=O) groups excluding carboxylic acids is 1. The van der Waals surface area contributed by atoms with Crippen molar-refractivity contribution >= 4 is 5.91 Å². The topological polar surface area (TPSA) is 38.1 Å². The Morgan fingerprint density at radius 2 is 1.41 bits per heavy atom. The van der Waals surface area contributed by atoms with E-state index in [0.717, 1.165) is 22.6 Å². The van der Waals surface area contributed by atoms with Crippen LogP contribution in [0, 0.1) is 6.92 Å². The van der Waals surface area contributed by atoms with E-state index in [1.165, 1.54) is 0 Å². The third-order valence-electron chi connectivity index (χ3n) is 4.73. The number of amides is 1. The number of aromatic nitrogens is 2. The summed E-state index contributed by atoms with van der Waals surface area (Å²) in [5, 5.41) is 4.84. The molecule has 3 aromatic rings. The molecule has 0 aliphatic carbocycles. The van der Waals surface area contributed by atoms with Gasteiger partial charge >= 0.3 is 0 Å². The van der Waals surface area contributed by atoms with E-state index in [1.54, 1.807) is 0 Å². The molecule has 0 aliphatic heterocycles.